The zero-order chi connectivity index (χ0) is 14.5. The van der Waals surface area contributed by atoms with Crippen LogP contribution in [0.15, 0.2) is 40.9 Å². The van der Waals surface area contributed by atoms with Crippen molar-refractivity contribution in [3.8, 4) is 0 Å². The van der Waals surface area contributed by atoms with E-state index in [0.717, 1.165) is 16.8 Å². The topological polar surface area (TPSA) is 21.3 Å². The lowest BCUT2D eigenvalue weighted by atomic mass is 10.1. The number of hydrogen-bond acceptors (Lipinski definition) is 2. The summed E-state index contributed by atoms with van der Waals surface area (Å²) in [7, 11) is 1.69. The van der Waals surface area contributed by atoms with E-state index in [4.69, 9.17) is 4.74 Å². The molecular weight excluding hydrogens is 321 g/mol. The van der Waals surface area contributed by atoms with Crippen LogP contribution >= 0.6 is 15.9 Å². The minimum Gasteiger partial charge on any atom is -0.381 e. The van der Waals surface area contributed by atoms with Gasteiger partial charge >= 0.3 is 0 Å². The zero-order valence-corrected chi connectivity index (χ0v) is 13.1. The Hall–Kier alpha value is -1.39. The highest BCUT2D eigenvalue weighted by Crippen LogP contribution is 2.25. The number of hydrogen-bond donors (Lipinski definition) is 1. The van der Waals surface area contributed by atoms with E-state index in [1.807, 2.05) is 25.1 Å². The van der Waals surface area contributed by atoms with E-state index < -0.39 is 0 Å². The van der Waals surface area contributed by atoms with E-state index in [-0.39, 0.29) is 5.82 Å². The highest BCUT2D eigenvalue weighted by Gasteiger charge is 2.06. The van der Waals surface area contributed by atoms with Gasteiger partial charge in [0.05, 0.1) is 11.1 Å². The van der Waals surface area contributed by atoms with Gasteiger partial charge < -0.3 is 10.1 Å². The van der Waals surface area contributed by atoms with Crippen LogP contribution in [0.2, 0.25) is 0 Å². The predicted molar refractivity (Wildman–Crippen MR) is 83.3 cm³/mol. The third-order valence-corrected chi connectivity index (χ3v) is 3.76. The summed E-state index contributed by atoms with van der Waals surface area (Å²) in [6.45, 7) is 3.15. The van der Waals surface area contributed by atoms with Gasteiger partial charge in [-0.2, -0.15) is 0 Å². The van der Waals surface area contributed by atoms with Crippen LogP contribution in [-0.4, -0.2) is 7.11 Å². The molecule has 0 saturated carbocycles. The maximum absolute atomic E-state index is 13.4. The molecule has 0 heterocycles. The second kappa shape index (κ2) is 6.86. The second-order valence-electron chi connectivity index (χ2n) is 4.64. The molecular formula is C16H17BrFNO. The van der Waals surface area contributed by atoms with Crippen LogP contribution in [0.5, 0.6) is 0 Å². The number of anilines is 1. The summed E-state index contributed by atoms with van der Waals surface area (Å²) in [5.74, 6) is -0.243. The van der Waals surface area contributed by atoms with Gasteiger partial charge in [0.25, 0.3) is 0 Å². The van der Waals surface area contributed by atoms with Crippen LogP contribution in [0.3, 0.4) is 0 Å². The second-order valence-corrected chi connectivity index (χ2v) is 5.49. The average Bonchev–Trinajstić information content (AvgIpc) is 2.43. The van der Waals surface area contributed by atoms with Crippen molar-refractivity contribution < 1.29 is 9.13 Å². The van der Waals surface area contributed by atoms with Gasteiger partial charge in [-0.25, -0.2) is 4.39 Å². The van der Waals surface area contributed by atoms with Gasteiger partial charge in [0.2, 0.25) is 0 Å². The first kappa shape index (κ1) is 15.0. The van der Waals surface area contributed by atoms with E-state index >= 15 is 0 Å². The highest BCUT2D eigenvalue weighted by molar-refractivity contribution is 9.10. The molecule has 2 aromatic carbocycles. The van der Waals surface area contributed by atoms with Gasteiger partial charge in [0.1, 0.15) is 5.82 Å². The van der Waals surface area contributed by atoms with Crippen molar-refractivity contribution in [3.05, 3.63) is 63.4 Å². The van der Waals surface area contributed by atoms with E-state index in [9.17, 15) is 4.39 Å². The molecule has 0 aliphatic heterocycles. The largest absolute Gasteiger partial charge is 0.381 e. The molecule has 0 aromatic heterocycles. The molecule has 4 heteroatoms. The summed E-state index contributed by atoms with van der Waals surface area (Å²) in [6, 6.07) is 11.4. The predicted octanol–water partition coefficient (Wildman–Crippen LogP) is 4.66. The highest BCUT2D eigenvalue weighted by atomic mass is 79.9. The van der Waals surface area contributed by atoms with Crippen LogP contribution in [0, 0.1) is 12.7 Å². The number of ether oxygens (including phenoxy) is 1. The van der Waals surface area contributed by atoms with Crippen molar-refractivity contribution in [1.29, 1.82) is 0 Å². The van der Waals surface area contributed by atoms with Crippen LogP contribution in [0.1, 0.15) is 16.7 Å². The molecule has 0 aliphatic carbocycles. The van der Waals surface area contributed by atoms with Crippen molar-refractivity contribution in [3.63, 3.8) is 0 Å². The Morgan fingerprint density at radius 3 is 2.60 bits per heavy atom. The van der Waals surface area contributed by atoms with E-state index in [0.29, 0.717) is 17.6 Å². The summed E-state index contributed by atoms with van der Waals surface area (Å²) in [4.78, 5) is 0. The third-order valence-electron chi connectivity index (χ3n) is 3.15. The number of methoxy groups -OCH3 is 1. The van der Waals surface area contributed by atoms with Crippen LogP contribution in [-0.2, 0) is 17.9 Å². The Labute approximate surface area is 127 Å². The molecule has 0 aliphatic rings. The van der Waals surface area contributed by atoms with Crippen molar-refractivity contribution in [1.82, 2.24) is 0 Å². The number of halogens is 2. The minimum atomic E-state index is -0.243. The number of benzene rings is 2. The van der Waals surface area contributed by atoms with Gasteiger partial charge in [0.15, 0.2) is 0 Å². The number of nitrogens with one attached hydrogen (secondary N) is 1. The maximum atomic E-state index is 13.4. The van der Waals surface area contributed by atoms with Gasteiger partial charge in [-0.15, -0.1) is 0 Å². The zero-order valence-electron chi connectivity index (χ0n) is 11.5. The molecule has 1 N–H and O–H groups in total. The van der Waals surface area contributed by atoms with Crippen molar-refractivity contribution >= 4 is 21.6 Å². The van der Waals surface area contributed by atoms with Gasteiger partial charge in [0, 0.05) is 19.3 Å². The molecule has 0 atom stereocenters. The molecule has 0 unspecified atom stereocenters. The van der Waals surface area contributed by atoms with Gasteiger partial charge in [-0.1, -0.05) is 24.3 Å². The molecule has 2 nitrogen and oxygen atoms in total. The summed E-state index contributed by atoms with van der Waals surface area (Å²) in [6.07, 6.45) is 0. The Balaban J connectivity index is 2.15. The molecule has 0 amide bonds. The van der Waals surface area contributed by atoms with Crippen molar-refractivity contribution in [2.45, 2.75) is 20.1 Å². The monoisotopic (exact) mass is 337 g/mol. The standard InChI is InChI=1S/C16H17BrFNO/c1-11-7-15(18)14(17)8-16(11)19-9-12-5-3-4-6-13(12)10-20-2/h3-8,19H,9-10H2,1-2H3. The molecule has 0 spiro atoms. The SMILES string of the molecule is COCc1ccccc1CNc1cc(Br)c(F)cc1C. The van der Waals surface area contributed by atoms with Gasteiger partial charge in [-0.3, -0.25) is 0 Å². The summed E-state index contributed by atoms with van der Waals surface area (Å²) in [5, 5.41) is 3.34. The molecule has 0 saturated heterocycles. The smallest absolute Gasteiger partial charge is 0.137 e. The van der Waals surface area contributed by atoms with Crippen molar-refractivity contribution in [2.24, 2.45) is 0 Å². The first-order valence-electron chi connectivity index (χ1n) is 6.37. The third kappa shape index (κ3) is 3.58. The molecule has 20 heavy (non-hydrogen) atoms. The fourth-order valence-corrected chi connectivity index (χ4v) is 2.40. The lowest BCUT2D eigenvalue weighted by Crippen LogP contribution is -2.05. The Morgan fingerprint density at radius 1 is 1.20 bits per heavy atom. The summed E-state index contributed by atoms with van der Waals surface area (Å²) in [5.41, 5.74) is 4.14. The first-order chi connectivity index (χ1) is 9.61. The normalized spacial score (nSPS) is 10.6. The molecule has 0 radical (unpaired) electrons. The van der Waals surface area contributed by atoms with E-state index in [1.165, 1.54) is 11.6 Å². The Morgan fingerprint density at radius 2 is 1.90 bits per heavy atom. The summed E-state index contributed by atoms with van der Waals surface area (Å²) < 4.78 is 19.1. The Kier molecular flexibility index (Phi) is 5.15. The summed E-state index contributed by atoms with van der Waals surface area (Å²) >= 11 is 3.21. The molecule has 106 valence electrons. The van der Waals surface area contributed by atoms with Crippen molar-refractivity contribution in [2.75, 3.05) is 12.4 Å². The lowest BCUT2D eigenvalue weighted by Gasteiger charge is -2.13. The Bertz CT molecular complexity index is 601. The van der Waals surface area contributed by atoms with E-state index in [1.54, 1.807) is 13.2 Å². The van der Waals surface area contributed by atoms with Crippen LogP contribution in [0.4, 0.5) is 10.1 Å². The maximum Gasteiger partial charge on any atom is 0.137 e. The fourth-order valence-electron chi connectivity index (χ4n) is 2.05. The van der Waals surface area contributed by atoms with Crippen LogP contribution in [0.25, 0.3) is 0 Å². The quantitative estimate of drug-likeness (QED) is 0.856. The fraction of sp³-hybridized carbons (Fsp3) is 0.250. The molecule has 2 rings (SSSR count). The number of rotatable bonds is 5. The van der Waals surface area contributed by atoms with Gasteiger partial charge in [-0.05, 0) is 51.7 Å². The molecule has 2 aromatic rings. The first-order valence-corrected chi connectivity index (χ1v) is 7.16. The van der Waals surface area contributed by atoms with E-state index in [2.05, 4.69) is 27.3 Å². The average molecular weight is 338 g/mol. The van der Waals surface area contributed by atoms with Crippen LogP contribution < -0.4 is 5.32 Å². The lowest BCUT2D eigenvalue weighted by molar-refractivity contribution is 0.184. The molecule has 0 fully saturated rings. The number of aryl methyl sites for hydroxylation is 1. The molecule has 0 bridgehead atoms. The minimum absolute atomic E-state index is 0.243.